The summed E-state index contributed by atoms with van der Waals surface area (Å²) < 4.78 is 11.1. The molecule has 0 saturated carbocycles. The van der Waals surface area contributed by atoms with E-state index < -0.39 is 17.7 Å². The lowest BCUT2D eigenvalue weighted by atomic mass is 9.99. The second-order valence-corrected chi connectivity index (χ2v) is 9.21. The van der Waals surface area contributed by atoms with E-state index in [9.17, 15) is 4.79 Å². The summed E-state index contributed by atoms with van der Waals surface area (Å²) in [6.07, 6.45) is 0.309. The molecule has 2 aromatic rings. The smallest absolute Gasteiger partial charge is 0.408 e. The zero-order chi connectivity index (χ0) is 20.9. The summed E-state index contributed by atoms with van der Waals surface area (Å²) in [6, 6.07) is 4.91. The molecule has 0 fully saturated rings. The van der Waals surface area contributed by atoms with E-state index in [4.69, 9.17) is 32.4 Å². The highest BCUT2D eigenvalue weighted by atomic mass is 35.5. The molecule has 1 N–H and O–H groups in total. The number of benzene rings is 1. The first-order valence-corrected chi connectivity index (χ1v) is 10.7. The molecule has 1 amide bonds. The number of carbonyl (C=O) groups excluding carboxylic acids is 1. The third-order valence-corrected chi connectivity index (χ3v) is 5.39. The Morgan fingerprint density at radius 2 is 2.04 bits per heavy atom. The molecule has 0 spiro atoms. The van der Waals surface area contributed by atoms with Gasteiger partial charge in [-0.1, -0.05) is 61.3 Å². The predicted molar refractivity (Wildman–Crippen MR) is 112 cm³/mol. The predicted octanol–water partition coefficient (Wildman–Crippen LogP) is 6.28. The number of alkyl carbamates (subject to hydrolysis) is 1. The molecular formula is C19H25Cl2N3O3S. The van der Waals surface area contributed by atoms with E-state index in [2.05, 4.69) is 15.5 Å². The molecule has 0 unspecified atom stereocenters. The second-order valence-electron chi connectivity index (χ2n) is 7.44. The van der Waals surface area contributed by atoms with Crippen molar-refractivity contribution in [3.63, 3.8) is 0 Å². The average Bonchev–Trinajstić information content (AvgIpc) is 3.05. The van der Waals surface area contributed by atoms with E-state index in [1.54, 1.807) is 12.1 Å². The van der Waals surface area contributed by atoms with Crippen LogP contribution in [0.3, 0.4) is 0 Å². The minimum absolute atomic E-state index is 0.0940. The zero-order valence-corrected chi connectivity index (χ0v) is 18.9. The molecule has 0 aliphatic rings. The van der Waals surface area contributed by atoms with Crippen LogP contribution in [-0.2, 0) is 10.5 Å². The quantitative estimate of drug-likeness (QED) is 0.505. The standard InChI is InChI=1S/C19H25Cl2N3O3S/c1-6-11(2)15(22-17(25)27-19(3,4)5)16-23-24-18(26-16)28-10-12-7-8-13(20)9-14(12)21/h7-9,11,15H,6,10H2,1-5H3,(H,22,25)/t11-,15-/m0/s1. The van der Waals surface area contributed by atoms with Crippen LogP contribution in [0.5, 0.6) is 0 Å². The maximum atomic E-state index is 12.2. The molecule has 2 atom stereocenters. The topological polar surface area (TPSA) is 77.2 Å². The van der Waals surface area contributed by atoms with Crippen LogP contribution in [0.1, 0.15) is 58.5 Å². The Hall–Kier alpha value is -1.44. The van der Waals surface area contributed by atoms with Gasteiger partial charge >= 0.3 is 6.09 Å². The Labute approximate surface area is 179 Å². The molecule has 0 aliphatic heterocycles. The summed E-state index contributed by atoms with van der Waals surface area (Å²) >= 11 is 13.5. The molecule has 0 aliphatic carbocycles. The summed E-state index contributed by atoms with van der Waals surface area (Å²) in [4.78, 5) is 12.2. The van der Waals surface area contributed by atoms with Gasteiger partial charge in [0.2, 0.25) is 5.89 Å². The molecule has 0 saturated heterocycles. The number of aromatic nitrogens is 2. The molecule has 1 aromatic carbocycles. The fourth-order valence-corrected chi connectivity index (χ4v) is 3.63. The lowest BCUT2D eigenvalue weighted by Crippen LogP contribution is -2.37. The van der Waals surface area contributed by atoms with Crippen LogP contribution in [0.2, 0.25) is 10.0 Å². The number of hydrogen-bond acceptors (Lipinski definition) is 6. The van der Waals surface area contributed by atoms with Gasteiger partial charge in [-0.2, -0.15) is 0 Å². The number of halogens is 2. The SMILES string of the molecule is CC[C@H](C)[C@H](NC(=O)OC(C)(C)C)c1nnc(SCc2ccc(Cl)cc2Cl)o1. The van der Waals surface area contributed by atoms with Gasteiger partial charge in [-0.15, -0.1) is 10.2 Å². The van der Waals surface area contributed by atoms with Crippen molar-refractivity contribution in [1.82, 2.24) is 15.5 Å². The highest BCUT2D eigenvalue weighted by Gasteiger charge is 2.28. The third kappa shape index (κ3) is 6.87. The van der Waals surface area contributed by atoms with Gasteiger partial charge in [0.25, 0.3) is 5.22 Å². The molecule has 1 aromatic heterocycles. The van der Waals surface area contributed by atoms with Crippen LogP contribution >= 0.6 is 35.0 Å². The monoisotopic (exact) mass is 445 g/mol. The van der Waals surface area contributed by atoms with E-state index in [0.717, 1.165) is 12.0 Å². The molecule has 9 heteroatoms. The first-order chi connectivity index (χ1) is 13.1. The Kier molecular flexibility index (Phi) is 8.04. The van der Waals surface area contributed by atoms with Crippen molar-refractivity contribution in [1.29, 1.82) is 0 Å². The summed E-state index contributed by atoms with van der Waals surface area (Å²) in [6.45, 7) is 9.48. The van der Waals surface area contributed by atoms with Crippen molar-refractivity contribution in [3.05, 3.63) is 39.7 Å². The van der Waals surface area contributed by atoms with E-state index >= 15 is 0 Å². The number of thioether (sulfide) groups is 1. The largest absolute Gasteiger partial charge is 0.444 e. The lowest BCUT2D eigenvalue weighted by molar-refractivity contribution is 0.0474. The van der Waals surface area contributed by atoms with Crippen LogP contribution in [0.25, 0.3) is 0 Å². The van der Waals surface area contributed by atoms with Crippen molar-refractivity contribution in [2.24, 2.45) is 5.92 Å². The van der Waals surface area contributed by atoms with Gasteiger partial charge in [0.15, 0.2) is 0 Å². The number of carbonyl (C=O) groups is 1. The minimum Gasteiger partial charge on any atom is -0.444 e. The van der Waals surface area contributed by atoms with Crippen molar-refractivity contribution in [2.75, 3.05) is 0 Å². The number of rotatable bonds is 7. The molecule has 0 bridgehead atoms. The number of ether oxygens (including phenoxy) is 1. The molecular weight excluding hydrogens is 421 g/mol. The summed E-state index contributed by atoms with van der Waals surface area (Å²) in [5.74, 6) is 1.01. The highest BCUT2D eigenvalue weighted by Crippen LogP contribution is 2.30. The molecule has 2 rings (SSSR count). The van der Waals surface area contributed by atoms with Crippen LogP contribution in [0, 0.1) is 5.92 Å². The number of hydrogen-bond donors (Lipinski definition) is 1. The van der Waals surface area contributed by atoms with Crippen LogP contribution in [-0.4, -0.2) is 21.9 Å². The molecule has 6 nitrogen and oxygen atoms in total. The van der Waals surface area contributed by atoms with Gasteiger partial charge in [0, 0.05) is 15.8 Å². The van der Waals surface area contributed by atoms with Crippen LogP contribution in [0.4, 0.5) is 4.79 Å². The third-order valence-electron chi connectivity index (χ3n) is 3.94. The van der Waals surface area contributed by atoms with E-state index in [0.29, 0.717) is 26.9 Å². The number of nitrogens with zero attached hydrogens (tertiary/aromatic N) is 2. The summed E-state index contributed by atoms with van der Waals surface area (Å²) in [5.41, 5.74) is 0.332. The molecule has 1 heterocycles. The van der Waals surface area contributed by atoms with E-state index in [1.165, 1.54) is 11.8 Å². The van der Waals surface area contributed by atoms with E-state index in [1.807, 2.05) is 40.7 Å². The van der Waals surface area contributed by atoms with Crippen LogP contribution < -0.4 is 5.32 Å². The summed E-state index contributed by atoms with van der Waals surface area (Å²) in [5, 5.41) is 12.6. The molecule has 0 radical (unpaired) electrons. The van der Waals surface area contributed by atoms with Crippen molar-refractivity contribution in [3.8, 4) is 0 Å². The highest BCUT2D eigenvalue weighted by molar-refractivity contribution is 7.98. The first-order valence-electron chi connectivity index (χ1n) is 8.98. The zero-order valence-electron chi connectivity index (χ0n) is 16.6. The lowest BCUT2D eigenvalue weighted by Gasteiger charge is -2.24. The van der Waals surface area contributed by atoms with Gasteiger partial charge in [-0.3, -0.25) is 0 Å². The van der Waals surface area contributed by atoms with Gasteiger partial charge in [0.1, 0.15) is 11.6 Å². The minimum atomic E-state index is -0.586. The van der Waals surface area contributed by atoms with Crippen molar-refractivity contribution < 1.29 is 13.9 Å². The fourth-order valence-electron chi connectivity index (χ4n) is 2.30. The normalized spacial score (nSPS) is 13.8. The average molecular weight is 446 g/mol. The maximum absolute atomic E-state index is 12.2. The first kappa shape index (κ1) is 22.8. The number of nitrogens with one attached hydrogen (secondary N) is 1. The Morgan fingerprint density at radius 3 is 2.64 bits per heavy atom. The molecule has 28 heavy (non-hydrogen) atoms. The maximum Gasteiger partial charge on any atom is 0.408 e. The second kappa shape index (κ2) is 9.85. The molecule has 154 valence electrons. The fraction of sp³-hybridized carbons (Fsp3) is 0.526. The number of amides is 1. The van der Waals surface area contributed by atoms with Gasteiger partial charge in [-0.25, -0.2) is 4.79 Å². The van der Waals surface area contributed by atoms with Gasteiger partial charge < -0.3 is 14.5 Å². The van der Waals surface area contributed by atoms with E-state index in [-0.39, 0.29) is 5.92 Å². The Balaban J connectivity index is 2.07. The Morgan fingerprint density at radius 1 is 1.32 bits per heavy atom. The van der Waals surface area contributed by atoms with Gasteiger partial charge in [0.05, 0.1) is 0 Å². The van der Waals surface area contributed by atoms with Crippen molar-refractivity contribution in [2.45, 2.75) is 63.7 Å². The van der Waals surface area contributed by atoms with Crippen molar-refractivity contribution >= 4 is 41.1 Å². The summed E-state index contributed by atoms with van der Waals surface area (Å²) in [7, 11) is 0. The Bertz CT molecular complexity index is 808. The van der Waals surface area contributed by atoms with Crippen LogP contribution in [0.15, 0.2) is 27.8 Å². The van der Waals surface area contributed by atoms with Gasteiger partial charge in [-0.05, 0) is 44.4 Å².